The summed E-state index contributed by atoms with van der Waals surface area (Å²) in [6.07, 6.45) is 1.52. The lowest BCUT2D eigenvalue weighted by atomic mass is 10.4. The fourth-order valence-electron chi connectivity index (χ4n) is 1.32. The predicted molar refractivity (Wildman–Crippen MR) is 83.5 cm³/mol. The highest BCUT2D eigenvalue weighted by atomic mass is 127. The molecule has 5 nitrogen and oxygen atoms in total. The molecule has 1 aromatic heterocycles. The molecule has 0 amide bonds. The summed E-state index contributed by atoms with van der Waals surface area (Å²) in [7, 11) is -0.547. The number of aromatic nitrogens is 2. The van der Waals surface area contributed by atoms with Crippen LogP contribution in [-0.4, -0.2) is 35.8 Å². The summed E-state index contributed by atoms with van der Waals surface area (Å²) in [5, 5.41) is 0.435. The van der Waals surface area contributed by atoms with Gasteiger partial charge in [0.2, 0.25) is 0 Å². The maximum Gasteiger partial charge on any atom is 0.309 e. The van der Waals surface area contributed by atoms with Crippen molar-refractivity contribution < 1.29 is 8.42 Å². The van der Waals surface area contributed by atoms with E-state index in [1.807, 2.05) is 52.9 Å². The molecule has 0 aliphatic rings. The van der Waals surface area contributed by atoms with Crippen LogP contribution in [0, 0.1) is 3.70 Å². The summed E-state index contributed by atoms with van der Waals surface area (Å²) in [6.45, 7) is 0. The van der Waals surface area contributed by atoms with Crippen LogP contribution in [0.5, 0.6) is 0 Å². The second-order valence-electron chi connectivity index (χ2n) is 3.85. The summed E-state index contributed by atoms with van der Waals surface area (Å²) in [4.78, 5) is 5.21. The standard InChI is InChI=1S/C11H12IN3O2S2/c1-14(2)19(16,17)15-8-10(12)13-11(15)18-9-6-4-3-5-7-9/h3-8H,1-2H3. The number of hydrogen-bond acceptors (Lipinski definition) is 4. The van der Waals surface area contributed by atoms with E-state index in [1.54, 1.807) is 0 Å². The number of imidazole rings is 1. The van der Waals surface area contributed by atoms with Gasteiger partial charge in [0.25, 0.3) is 0 Å². The molecule has 102 valence electrons. The van der Waals surface area contributed by atoms with Gasteiger partial charge >= 0.3 is 10.2 Å². The third-order valence-corrected chi connectivity index (χ3v) is 5.59. The molecule has 2 aromatic rings. The zero-order valence-electron chi connectivity index (χ0n) is 10.3. The van der Waals surface area contributed by atoms with Crippen LogP contribution in [0.3, 0.4) is 0 Å². The van der Waals surface area contributed by atoms with Crippen LogP contribution in [0.15, 0.2) is 46.6 Å². The zero-order valence-corrected chi connectivity index (χ0v) is 14.1. The van der Waals surface area contributed by atoms with Crippen molar-refractivity contribution >= 4 is 44.6 Å². The monoisotopic (exact) mass is 409 g/mol. The molecule has 0 saturated heterocycles. The lowest BCUT2D eigenvalue weighted by Crippen LogP contribution is -2.28. The Morgan fingerprint density at radius 2 is 1.89 bits per heavy atom. The molecule has 0 fully saturated rings. The Morgan fingerprint density at radius 1 is 1.26 bits per heavy atom. The van der Waals surface area contributed by atoms with Gasteiger partial charge in [0.1, 0.15) is 3.70 Å². The van der Waals surface area contributed by atoms with Crippen molar-refractivity contribution in [1.29, 1.82) is 0 Å². The Kier molecular flexibility index (Phi) is 4.54. The highest BCUT2D eigenvalue weighted by molar-refractivity contribution is 14.1. The van der Waals surface area contributed by atoms with E-state index in [2.05, 4.69) is 4.98 Å². The molecule has 0 aliphatic carbocycles. The minimum atomic E-state index is -3.54. The van der Waals surface area contributed by atoms with E-state index in [9.17, 15) is 8.42 Å². The van der Waals surface area contributed by atoms with Gasteiger partial charge in [-0.15, -0.1) is 0 Å². The molecule has 1 aromatic carbocycles. The summed E-state index contributed by atoms with van der Waals surface area (Å²) in [5.74, 6) is 0. The Hall–Kier alpha value is -0.580. The summed E-state index contributed by atoms with van der Waals surface area (Å²) in [5.41, 5.74) is 0. The summed E-state index contributed by atoms with van der Waals surface area (Å²) in [6, 6.07) is 9.55. The van der Waals surface area contributed by atoms with Crippen LogP contribution in [0.1, 0.15) is 0 Å². The minimum Gasteiger partial charge on any atom is -0.215 e. The van der Waals surface area contributed by atoms with E-state index in [4.69, 9.17) is 0 Å². The average Bonchev–Trinajstić information content (AvgIpc) is 2.72. The third kappa shape index (κ3) is 3.30. The smallest absolute Gasteiger partial charge is 0.215 e. The van der Waals surface area contributed by atoms with E-state index >= 15 is 0 Å². The van der Waals surface area contributed by atoms with Gasteiger partial charge in [-0.25, -0.2) is 8.96 Å². The van der Waals surface area contributed by atoms with Gasteiger partial charge in [0.05, 0.1) is 6.20 Å². The molecule has 0 aliphatic heterocycles. The molecule has 0 N–H and O–H groups in total. The lowest BCUT2D eigenvalue weighted by molar-refractivity contribution is 0.506. The van der Waals surface area contributed by atoms with Crippen molar-refractivity contribution in [2.45, 2.75) is 10.1 Å². The highest BCUT2D eigenvalue weighted by Crippen LogP contribution is 2.28. The van der Waals surface area contributed by atoms with Gasteiger partial charge in [-0.2, -0.15) is 12.7 Å². The lowest BCUT2D eigenvalue weighted by Gasteiger charge is -2.13. The van der Waals surface area contributed by atoms with Gasteiger partial charge in [-0.05, 0) is 34.7 Å². The maximum absolute atomic E-state index is 12.2. The van der Waals surface area contributed by atoms with Crippen molar-refractivity contribution in [2.24, 2.45) is 0 Å². The van der Waals surface area contributed by atoms with Crippen molar-refractivity contribution in [3.8, 4) is 0 Å². The van der Waals surface area contributed by atoms with Gasteiger partial charge in [0.15, 0.2) is 5.16 Å². The summed E-state index contributed by atoms with van der Waals surface area (Å²) >= 11 is 3.32. The van der Waals surface area contributed by atoms with Crippen molar-refractivity contribution in [2.75, 3.05) is 14.1 Å². The first-order valence-corrected chi connectivity index (χ1v) is 8.61. The molecule has 19 heavy (non-hydrogen) atoms. The average molecular weight is 409 g/mol. The Balaban J connectivity index is 2.43. The molecule has 0 spiro atoms. The fourth-order valence-corrected chi connectivity index (χ4v) is 4.19. The van der Waals surface area contributed by atoms with Crippen molar-refractivity contribution in [3.63, 3.8) is 0 Å². The molecular weight excluding hydrogens is 397 g/mol. The molecule has 2 rings (SSSR count). The van der Waals surface area contributed by atoms with Crippen molar-refractivity contribution in [1.82, 2.24) is 13.3 Å². The molecule has 1 heterocycles. The minimum absolute atomic E-state index is 0.435. The second kappa shape index (κ2) is 5.81. The number of hydrogen-bond donors (Lipinski definition) is 0. The van der Waals surface area contributed by atoms with Crippen LogP contribution in [0.25, 0.3) is 0 Å². The van der Waals surface area contributed by atoms with Crippen LogP contribution in [0.2, 0.25) is 0 Å². The van der Waals surface area contributed by atoms with Gasteiger partial charge in [-0.1, -0.05) is 30.0 Å². The number of halogens is 1. The molecule has 8 heteroatoms. The van der Waals surface area contributed by atoms with Gasteiger partial charge in [-0.3, -0.25) is 0 Å². The molecule has 0 bridgehead atoms. The Labute approximate surface area is 130 Å². The fraction of sp³-hybridized carbons (Fsp3) is 0.182. The van der Waals surface area contributed by atoms with E-state index in [0.717, 1.165) is 4.90 Å². The van der Waals surface area contributed by atoms with Crippen LogP contribution < -0.4 is 0 Å². The molecular formula is C11H12IN3O2S2. The highest BCUT2D eigenvalue weighted by Gasteiger charge is 2.22. The van der Waals surface area contributed by atoms with Crippen LogP contribution in [-0.2, 0) is 10.2 Å². The number of rotatable bonds is 4. The van der Waals surface area contributed by atoms with E-state index in [-0.39, 0.29) is 0 Å². The normalized spacial score (nSPS) is 12.0. The van der Waals surface area contributed by atoms with E-state index in [1.165, 1.54) is 40.3 Å². The topological polar surface area (TPSA) is 55.2 Å². The second-order valence-corrected chi connectivity index (χ2v) is 8.01. The maximum atomic E-state index is 12.2. The van der Waals surface area contributed by atoms with Gasteiger partial charge in [0, 0.05) is 19.0 Å². The molecule has 0 unspecified atom stereocenters. The molecule has 0 saturated carbocycles. The van der Waals surface area contributed by atoms with Crippen molar-refractivity contribution in [3.05, 3.63) is 40.2 Å². The first-order valence-electron chi connectivity index (χ1n) is 5.32. The Morgan fingerprint density at radius 3 is 2.47 bits per heavy atom. The van der Waals surface area contributed by atoms with E-state index < -0.39 is 10.2 Å². The zero-order chi connectivity index (χ0) is 14.0. The molecule has 0 atom stereocenters. The number of nitrogens with zero attached hydrogens (tertiary/aromatic N) is 3. The van der Waals surface area contributed by atoms with E-state index in [0.29, 0.717) is 8.86 Å². The number of benzene rings is 1. The van der Waals surface area contributed by atoms with Crippen LogP contribution >= 0.6 is 34.4 Å². The SMILES string of the molecule is CN(C)S(=O)(=O)n1cc(I)nc1Sc1ccccc1. The Bertz CT molecular complexity index is 669. The third-order valence-electron chi connectivity index (χ3n) is 2.28. The largest absolute Gasteiger partial charge is 0.309 e. The first kappa shape index (κ1) is 14.8. The van der Waals surface area contributed by atoms with Crippen LogP contribution in [0.4, 0.5) is 0 Å². The molecule has 0 radical (unpaired) electrons. The van der Waals surface area contributed by atoms with Gasteiger partial charge < -0.3 is 0 Å². The first-order chi connectivity index (χ1) is 8.91. The predicted octanol–water partition coefficient (Wildman–Crippen LogP) is 2.29. The quantitative estimate of drug-likeness (QED) is 0.728. The summed E-state index contributed by atoms with van der Waals surface area (Å²) < 4.78 is 27.4.